The van der Waals surface area contributed by atoms with Crippen LogP contribution in [0.15, 0.2) is 45.9 Å². The van der Waals surface area contributed by atoms with Crippen LogP contribution < -0.4 is 5.32 Å². The van der Waals surface area contributed by atoms with Gasteiger partial charge in [-0.2, -0.15) is 5.26 Å². The standard InChI is InChI=1S/C16H16N2O2S/c1-12-15(8-9-20-12)21-10-2-3-16(19)18-14-6-4-13(11-17)5-7-14/h4-9H,2-3,10H2,1H3,(H,18,19). The predicted octanol–water partition coefficient (Wildman–Crippen LogP) is 3.97. The van der Waals surface area contributed by atoms with Crippen molar-refractivity contribution < 1.29 is 9.21 Å². The molecule has 0 spiro atoms. The van der Waals surface area contributed by atoms with E-state index < -0.39 is 0 Å². The number of aryl methyl sites for hydroxylation is 1. The SMILES string of the molecule is Cc1occc1SCCCC(=O)Nc1ccc(C#N)cc1. The molecule has 1 amide bonds. The number of anilines is 1. The number of hydrogen-bond acceptors (Lipinski definition) is 4. The molecule has 2 aromatic rings. The van der Waals surface area contributed by atoms with Crippen LogP contribution in [0.1, 0.15) is 24.2 Å². The summed E-state index contributed by atoms with van der Waals surface area (Å²) in [5.74, 6) is 1.78. The highest BCUT2D eigenvalue weighted by Crippen LogP contribution is 2.24. The molecule has 0 radical (unpaired) electrons. The van der Waals surface area contributed by atoms with E-state index >= 15 is 0 Å². The largest absolute Gasteiger partial charge is 0.468 e. The quantitative estimate of drug-likeness (QED) is 0.647. The number of carbonyl (C=O) groups is 1. The second kappa shape index (κ2) is 7.55. The predicted molar refractivity (Wildman–Crippen MR) is 83.2 cm³/mol. The smallest absolute Gasteiger partial charge is 0.224 e. The Kier molecular flexibility index (Phi) is 5.47. The average molecular weight is 300 g/mol. The van der Waals surface area contributed by atoms with Crippen LogP contribution in [-0.2, 0) is 4.79 Å². The number of carbonyl (C=O) groups excluding carboxylic acids is 1. The van der Waals surface area contributed by atoms with E-state index in [1.165, 1.54) is 0 Å². The first-order valence-electron chi connectivity index (χ1n) is 6.66. The normalized spacial score (nSPS) is 10.1. The third-order valence-corrected chi connectivity index (χ3v) is 4.14. The molecule has 0 fully saturated rings. The van der Waals surface area contributed by atoms with Gasteiger partial charge in [0.15, 0.2) is 0 Å². The van der Waals surface area contributed by atoms with E-state index in [9.17, 15) is 4.79 Å². The number of nitrogens with one attached hydrogen (secondary N) is 1. The monoisotopic (exact) mass is 300 g/mol. The maximum absolute atomic E-state index is 11.8. The Balaban J connectivity index is 1.70. The minimum atomic E-state index is -0.00998. The van der Waals surface area contributed by atoms with Gasteiger partial charge in [-0.3, -0.25) is 4.79 Å². The Morgan fingerprint density at radius 1 is 1.33 bits per heavy atom. The van der Waals surface area contributed by atoms with E-state index in [-0.39, 0.29) is 5.91 Å². The van der Waals surface area contributed by atoms with Crippen LogP contribution in [0.3, 0.4) is 0 Å². The van der Waals surface area contributed by atoms with Gasteiger partial charge in [-0.25, -0.2) is 0 Å². The molecule has 0 atom stereocenters. The first-order valence-corrected chi connectivity index (χ1v) is 7.64. The Morgan fingerprint density at radius 2 is 2.10 bits per heavy atom. The van der Waals surface area contributed by atoms with Gasteiger partial charge in [0.25, 0.3) is 0 Å². The average Bonchev–Trinajstić information content (AvgIpc) is 2.90. The van der Waals surface area contributed by atoms with Gasteiger partial charge >= 0.3 is 0 Å². The summed E-state index contributed by atoms with van der Waals surface area (Å²) in [6.45, 7) is 1.93. The number of benzene rings is 1. The van der Waals surface area contributed by atoms with Crippen molar-refractivity contribution >= 4 is 23.4 Å². The molecule has 2 rings (SSSR count). The van der Waals surface area contributed by atoms with Gasteiger partial charge in [0.05, 0.1) is 17.9 Å². The van der Waals surface area contributed by atoms with E-state index in [0.29, 0.717) is 12.0 Å². The van der Waals surface area contributed by atoms with Crippen LogP contribution in [0.25, 0.3) is 0 Å². The molecule has 21 heavy (non-hydrogen) atoms. The van der Waals surface area contributed by atoms with Crippen molar-refractivity contribution in [3.05, 3.63) is 47.9 Å². The second-order valence-corrected chi connectivity index (χ2v) is 5.67. The maximum atomic E-state index is 11.8. The fourth-order valence-electron chi connectivity index (χ4n) is 1.79. The number of furan rings is 1. The van der Waals surface area contributed by atoms with E-state index in [0.717, 1.165) is 28.5 Å². The third-order valence-electron chi connectivity index (χ3n) is 2.91. The van der Waals surface area contributed by atoms with Crippen LogP contribution in [0.2, 0.25) is 0 Å². The van der Waals surface area contributed by atoms with E-state index in [1.54, 1.807) is 42.3 Å². The molecule has 1 N–H and O–H groups in total. The molecule has 108 valence electrons. The lowest BCUT2D eigenvalue weighted by Crippen LogP contribution is -2.11. The number of amides is 1. The Morgan fingerprint density at radius 3 is 2.71 bits per heavy atom. The molecular formula is C16H16N2O2S. The summed E-state index contributed by atoms with van der Waals surface area (Å²) in [6, 6.07) is 10.8. The molecule has 0 aliphatic rings. The van der Waals surface area contributed by atoms with E-state index in [4.69, 9.17) is 9.68 Å². The molecule has 1 heterocycles. The fraction of sp³-hybridized carbons (Fsp3) is 0.250. The highest BCUT2D eigenvalue weighted by molar-refractivity contribution is 7.99. The van der Waals surface area contributed by atoms with E-state index in [2.05, 4.69) is 5.32 Å². The lowest BCUT2D eigenvalue weighted by molar-refractivity contribution is -0.116. The van der Waals surface area contributed by atoms with Crippen molar-refractivity contribution in [1.82, 2.24) is 0 Å². The molecule has 4 nitrogen and oxygen atoms in total. The first kappa shape index (κ1) is 15.2. The summed E-state index contributed by atoms with van der Waals surface area (Å²) in [6.07, 6.45) is 2.95. The van der Waals surface area contributed by atoms with Gasteiger partial charge in [0.2, 0.25) is 5.91 Å². The summed E-state index contributed by atoms with van der Waals surface area (Å²) in [7, 11) is 0. The number of rotatable bonds is 6. The van der Waals surface area contributed by atoms with Crippen molar-refractivity contribution in [2.75, 3.05) is 11.1 Å². The minimum absolute atomic E-state index is 0.00998. The molecule has 1 aromatic heterocycles. The second-order valence-electron chi connectivity index (χ2n) is 4.53. The minimum Gasteiger partial charge on any atom is -0.468 e. The fourth-order valence-corrected chi connectivity index (χ4v) is 2.70. The lowest BCUT2D eigenvalue weighted by atomic mass is 10.2. The van der Waals surface area contributed by atoms with Crippen LogP contribution >= 0.6 is 11.8 Å². The van der Waals surface area contributed by atoms with Gasteiger partial charge in [-0.05, 0) is 49.4 Å². The van der Waals surface area contributed by atoms with Crippen LogP contribution in [0, 0.1) is 18.3 Å². The summed E-state index contributed by atoms with van der Waals surface area (Å²) >= 11 is 1.70. The molecule has 0 aliphatic heterocycles. The first-order chi connectivity index (χ1) is 10.2. The zero-order valence-electron chi connectivity index (χ0n) is 11.8. The number of nitriles is 1. The van der Waals surface area contributed by atoms with Crippen molar-refractivity contribution in [3.8, 4) is 6.07 Å². The highest BCUT2D eigenvalue weighted by Gasteiger charge is 2.05. The molecule has 0 aliphatic carbocycles. The van der Waals surface area contributed by atoms with Gasteiger partial charge in [0.1, 0.15) is 5.76 Å². The lowest BCUT2D eigenvalue weighted by Gasteiger charge is -2.05. The Bertz CT molecular complexity index is 641. The number of hydrogen-bond donors (Lipinski definition) is 1. The molecule has 5 heteroatoms. The summed E-state index contributed by atoms with van der Waals surface area (Å²) in [4.78, 5) is 12.9. The Hall–Kier alpha value is -2.19. The zero-order chi connectivity index (χ0) is 15.1. The molecule has 1 aromatic carbocycles. The number of nitrogens with zero attached hydrogens (tertiary/aromatic N) is 1. The molecule has 0 unspecified atom stereocenters. The third kappa shape index (κ3) is 4.69. The maximum Gasteiger partial charge on any atom is 0.224 e. The van der Waals surface area contributed by atoms with Gasteiger partial charge in [0, 0.05) is 17.0 Å². The van der Waals surface area contributed by atoms with Crippen molar-refractivity contribution in [1.29, 1.82) is 5.26 Å². The van der Waals surface area contributed by atoms with E-state index in [1.807, 2.05) is 19.1 Å². The topological polar surface area (TPSA) is 66.0 Å². The summed E-state index contributed by atoms with van der Waals surface area (Å²) in [5.41, 5.74) is 1.30. The Labute approximate surface area is 128 Å². The van der Waals surface area contributed by atoms with Crippen LogP contribution in [-0.4, -0.2) is 11.7 Å². The van der Waals surface area contributed by atoms with Crippen molar-refractivity contribution in [2.24, 2.45) is 0 Å². The molecular weight excluding hydrogens is 284 g/mol. The van der Waals surface area contributed by atoms with Crippen molar-refractivity contribution in [3.63, 3.8) is 0 Å². The number of thioether (sulfide) groups is 1. The van der Waals surface area contributed by atoms with Gasteiger partial charge < -0.3 is 9.73 Å². The van der Waals surface area contributed by atoms with Gasteiger partial charge in [-0.1, -0.05) is 0 Å². The molecule has 0 saturated carbocycles. The summed E-state index contributed by atoms with van der Waals surface area (Å²) in [5, 5.41) is 11.5. The van der Waals surface area contributed by atoms with Gasteiger partial charge in [-0.15, -0.1) is 11.8 Å². The van der Waals surface area contributed by atoms with Crippen LogP contribution in [0.5, 0.6) is 0 Å². The summed E-state index contributed by atoms with van der Waals surface area (Å²) < 4.78 is 5.22. The zero-order valence-corrected chi connectivity index (χ0v) is 12.6. The van der Waals surface area contributed by atoms with Crippen molar-refractivity contribution in [2.45, 2.75) is 24.7 Å². The molecule has 0 bridgehead atoms. The van der Waals surface area contributed by atoms with Crippen LogP contribution in [0.4, 0.5) is 5.69 Å². The molecule has 0 saturated heterocycles. The highest BCUT2D eigenvalue weighted by atomic mass is 32.2.